The standard InChI is InChI=1S/C22H21N5O3S/c1-14(2)13-31-22-25-20(15-4-10-18(30-3)11-5-15)19(12-23)21(26-22)24-16-6-8-17(9-7-16)27(28)29/h4-11,14H,13H2,1-3H3,(H,24,25,26). The molecule has 0 aliphatic rings. The lowest BCUT2D eigenvalue weighted by atomic mass is 10.1. The molecule has 0 radical (unpaired) electrons. The van der Waals surface area contributed by atoms with Gasteiger partial charge in [0.2, 0.25) is 0 Å². The molecule has 0 saturated heterocycles. The molecule has 31 heavy (non-hydrogen) atoms. The Morgan fingerprint density at radius 3 is 2.39 bits per heavy atom. The van der Waals surface area contributed by atoms with Crippen molar-refractivity contribution in [3.05, 3.63) is 64.2 Å². The van der Waals surface area contributed by atoms with Gasteiger partial charge >= 0.3 is 0 Å². The van der Waals surface area contributed by atoms with E-state index in [0.29, 0.717) is 34.0 Å². The van der Waals surface area contributed by atoms with E-state index in [2.05, 4.69) is 35.2 Å². The summed E-state index contributed by atoms with van der Waals surface area (Å²) in [6, 6.07) is 15.4. The van der Waals surface area contributed by atoms with Gasteiger partial charge in [-0.25, -0.2) is 9.97 Å². The van der Waals surface area contributed by atoms with E-state index in [9.17, 15) is 15.4 Å². The Kier molecular flexibility index (Phi) is 7.05. The molecule has 1 N–H and O–H groups in total. The minimum Gasteiger partial charge on any atom is -0.497 e. The summed E-state index contributed by atoms with van der Waals surface area (Å²) < 4.78 is 5.22. The van der Waals surface area contributed by atoms with Gasteiger partial charge in [-0.1, -0.05) is 25.6 Å². The number of hydrogen-bond acceptors (Lipinski definition) is 8. The van der Waals surface area contributed by atoms with E-state index in [1.54, 1.807) is 19.2 Å². The lowest BCUT2D eigenvalue weighted by molar-refractivity contribution is -0.384. The zero-order valence-electron chi connectivity index (χ0n) is 17.3. The number of nitro groups is 1. The monoisotopic (exact) mass is 435 g/mol. The molecule has 0 amide bonds. The third-order valence-electron chi connectivity index (χ3n) is 4.25. The SMILES string of the molecule is COc1ccc(-c2nc(SCC(C)C)nc(Nc3ccc([N+](=O)[O-])cc3)c2C#N)cc1. The number of aromatic nitrogens is 2. The summed E-state index contributed by atoms with van der Waals surface area (Å²) >= 11 is 1.51. The van der Waals surface area contributed by atoms with Gasteiger partial charge in [-0.05, 0) is 42.3 Å². The van der Waals surface area contributed by atoms with Gasteiger partial charge in [0.05, 0.1) is 17.7 Å². The van der Waals surface area contributed by atoms with Crippen LogP contribution in [0.3, 0.4) is 0 Å². The van der Waals surface area contributed by atoms with Crippen LogP contribution in [0.25, 0.3) is 11.3 Å². The molecule has 3 aromatic rings. The molecule has 9 heteroatoms. The number of nitro benzene ring substituents is 1. The topological polar surface area (TPSA) is 114 Å². The second-order valence-corrected chi connectivity index (χ2v) is 8.04. The summed E-state index contributed by atoms with van der Waals surface area (Å²) in [7, 11) is 1.59. The van der Waals surface area contributed by atoms with Crippen LogP contribution in [0.4, 0.5) is 17.2 Å². The Balaban J connectivity index is 2.05. The lowest BCUT2D eigenvalue weighted by Crippen LogP contribution is -2.04. The minimum atomic E-state index is -0.461. The van der Waals surface area contributed by atoms with Gasteiger partial charge in [0.25, 0.3) is 5.69 Å². The number of methoxy groups -OCH3 is 1. The first-order valence-corrected chi connectivity index (χ1v) is 10.5. The summed E-state index contributed by atoms with van der Waals surface area (Å²) in [5, 5.41) is 24.4. The molecule has 8 nitrogen and oxygen atoms in total. The van der Waals surface area contributed by atoms with E-state index in [-0.39, 0.29) is 11.3 Å². The summed E-state index contributed by atoms with van der Waals surface area (Å²) in [5.41, 5.74) is 2.13. The van der Waals surface area contributed by atoms with Crippen LogP contribution in [0.15, 0.2) is 53.7 Å². The molecule has 2 aromatic carbocycles. The molecule has 1 heterocycles. The molecule has 0 spiro atoms. The van der Waals surface area contributed by atoms with Crippen LogP contribution in [-0.4, -0.2) is 27.8 Å². The van der Waals surface area contributed by atoms with Crippen molar-refractivity contribution >= 4 is 29.0 Å². The Morgan fingerprint density at radius 1 is 1.16 bits per heavy atom. The molecule has 0 atom stereocenters. The highest BCUT2D eigenvalue weighted by Gasteiger charge is 2.17. The Morgan fingerprint density at radius 2 is 1.84 bits per heavy atom. The molecule has 0 saturated carbocycles. The van der Waals surface area contributed by atoms with E-state index in [4.69, 9.17) is 4.74 Å². The maximum atomic E-state index is 10.9. The van der Waals surface area contributed by atoms with Gasteiger partial charge in [-0.2, -0.15) is 5.26 Å². The highest BCUT2D eigenvalue weighted by molar-refractivity contribution is 7.99. The summed E-state index contributed by atoms with van der Waals surface area (Å²) in [6.07, 6.45) is 0. The van der Waals surface area contributed by atoms with E-state index in [1.165, 1.54) is 23.9 Å². The maximum Gasteiger partial charge on any atom is 0.269 e. The molecule has 1 aromatic heterocycles. The number of thioether (sulfide) groups is 1. The van der Waals surface area contributed by atoms with Crippen LogP contribution < -0.4 is 10.1 Å². The number of nitriles is 1. The number of benzene rings is 2. The number of ether oxygens (including phenoxy) is 1. The van der Waals surface area contributed by atoms with Crippen LogP contribution in [0, 0.1) is 27.4 Å². The van der Waals surface area contributed by atoms with Crippen LogP contribution in [-0.2, 0) is 0 Å². The average Bonchev–Trinajstić information content (AvgIpc) is 2.77. The summed E-state index contributed by atoms with van der Waals surface area (Å²) in [6.45, 7) is 4.22. The molecule has 158 valence electrons. The van der Waals surface area contributed by atoms with Gasteiger partial charge in [-0.15, -0.1) is 0 Å². The van der Waals surface area contributed by atoms with Crippen molar-refractivity contribution in [3.8, 4) is 23.1 Å². The second-order valence-electron chi connectivity index (χ2n) is 7.05. The highest BCUT2D eigenvalue weighted by atomic mass is 32.2. The van der Waals surface area contributed by atoms with Crippen molar-refractivity contribution < 1.29 is 9.66 Å². The first-order valence-electron chi connectivity index (χ1n) is 9.52. The zero-order valence-corrected chi connectivity index (χ0v) is 18.1. The van der Waals surface area contributed by atoms with Crippen molar-refractivity contribution in [2.75, 3.05) is 18.2 Å². The molecular formula is C22H21N5O3S. The lowest BCUT2D eigenvalue weighted by Gasteiger charge is -2.13. The van der Waals surface area contributed by atoms with Crippen LogP contribution in [0.1, 0.15) is 19.4 Å². The first-order chi connectivity index (χ1) is 14.9. The second kappa shape index (κ2) is 9.91. The number of non-ortho nitro benzene ring substituents is 1. The quantitative estimate of drug-likeness (QED) is 0.216. The molecule has 0 aliphatic carbocycles. The first kappa shape index (κ1) is 22.1. The summed E-state index contributed by atoms with van der Waals surface area (Å²) in [4.78, 5) is 19.6. The van der Waals surface area contributed by atoms with Crippen molar-refractivity contribution in [3.63, 3.8) is 0 Å². The average molecular weight is 436 g/mol. The normalized spacial score (nSPS) is 10.5. The Hall–Kier alpha value is -3.64. The molecule has 0 unspecified atom stereocenters. The summed E-state index contributed by atoms with van der Waals surface area (Å²) in [5.74, 6) is 2.32. The maximum absolute atomic E-state index is 10.9. The van der Waals surface area contributed by atoms with Crippen molar-refractivity contribution in [2.24, 2.45) is 5.92 Å². The van der Waals surface area contributed by atoms with E-state index < -0.39 is 4.92 Å². The third kappa shape index (κ3) is 5.49. The smallest absolute Gasteiger partial charge is 0.269 e. The van der Waals surface area contributed by atoms with Crippen LogP contribution in [0.5, 0.6) is 5.75 Å². The van der Waals surface area contributed by atoms with E-state index in [0.717, 1.165) is 11.3 Å². The van der Waals surface area contributed by atoms with Crippen molar-refractivity contribution in [1.29, 1.82) is 5.26 Å². The fourth-order valence-corrected chi connectivity index (χ4v) is 3.50. The molecule has 0 aliphatic heterocycles. The predicted octanol–water partition coefficient (Wildman–Crippen LogP) is 5.42. The van der Waals surface area contributed by atoms with E-state index in [1.807, 2.05) is 24.3 Å². The van der Waals surface area contributed by atoms with Gasteiger partial charge in [-0.3, -0.25) is 10.1 Å². The van der Waals surface area contributed by atoms with Gasteiger partial charge in [0, 0.05) is 29.1 Å². The van der Waals surface area contributed by atoms with Crippen molar-refractivity contribution in [2.45, 2.75) is 19.0 Å². The number of hydrogen-bond donors (Lipinski definition) is 1. The van der Waals surface area contributed by atoms with Crippen LogP contribution >= 0.6 is 11.8 Å². The fourth-order valence-electron chi connectivity index (χ4n) is 2.70. The van der Waals surface area contributed by atoms with Gasteiger partial charge < -0.3 is 10.1 Å². The molecular weight excluding hydrogens is 414 g/mol. The molecule has 0 fully saturated rings. The van der Waals surface area contributed by atoms with Gasteiger partial charge in [0.1, 0.15) is 17.4 Å². The Bertz CT molecular complexity index is 1110. The van der Waals surface area contributed by atoms with Gasteiger partial charge in [0.15, 0.2) is 11.0 Å². The van der Waals surface area contributed by atoms with Crippen LogP contribution in [0.2, 0.25) is 0 Å². The molecule has 0 bridgehead atoms. The predicted molar refractivity (Wildman–Crippen MR) is 121 cm³/mol. The number of nitrogens with zero attached hydrogens (tertiary/aromatic N) is 4. The Labute approximate surface area is 184 Å². The number of anilines is 2. The third-order valence-corrected chi connectivity index (χ3v) is 5.52. The highest BCUT2D eigenvalue weighted by Crippen LogP contribution is 2.32. The largest absolute Gasteiger partial charge is 0.497 e. The molecule has 3 rings (SSSR count). The zero-order chi connectivity index (χ0) is 22.4. The number of nitrogens with one attached hydrogen (secondary N) is 1. The minimum absolute atomic E-state index is 0.0131. The van der Waals surface area contributed by atoms with Crippen molar-refractivity contribution in [1.82, 2.24) is 9.97 Å². The van der Waals surface area contributed by atoms with E-state index >= 15 is 0 Å². The number of rotatable bonds is 8. The fraction of sp³-hybridized carbons (Fsp3) is 0.227.